The molecule has 5 heteroatoms. The van der Waals surface area contributed by atoms with Crippen LogP contribution >= 0.6 is 0 Å². The Bertz CT molecular complexity index is 270. The minimum atomic E-state index is -2.95. The van der Waals surface area contributed by atoms with Crippen LogP contribution in [0.2, 0.25) is 0 Å². The van der Waals surface area contributed by atoms with Crippen molar-refractivity contribution in [3.05, 3.63) is 0 Å². The maximum atomic E-state index is 10.9. The number of hydrogen-bond donors (Lipinski definition) is 1. The third kappa shape index (κ3) is 7.77. The standard InChI is InChI=1S/C8H18N2O2S/c1-4-5-8(9)10-7(2)6-13(3,11)12/h7H,4-6H2,1-3H3,(H2,9,10). The van der Waals surface area contributed by atoms with Gasteiger partial charge in [-0.15, -0.1) is 0 Å². The molecule has 0 aromatic rings. The van der Waals surface area contributed by atoms with Gasteiger partial charge in [-0.25, -0.2) is 8.42 Å². The van der Waals surface area contributed by atoms with Crippen LogP contribution in [0.4, 0.5) is 0 Å². The van der Waals surface area contributed by atoms with Crippen LogP contribution in [0, 0.1) is 0 Å². The van der Waals surface area contributed by atoms with E-state index in [1.807, 2.05) is 6.92 Å². The van der Waals surface area contributed by atoms with E-state index in [0.717, 1.165) is 12.8 Å². The Kier molecular flexibility index (Phi) is 4.98. The molecule has 1 unspecified atom stereocenters. The van der Waals surface area contributed by atoms with E-state index in [-0.39, 0.29) is 11.8 Å². The lowest BCUT2D eigenvalue weighted by molar-refractivity contribution is 0.596. The fraction of sp³-hybridized carbons (Fsp3) is 0.875. The zero-order valence-electron chi connectivity index (χ0n) is 8.45. The second-order valence-electron chi connectivity index (χ2n) is 3.31. The Hall–Kier alpha value is -0.580. The number of nitrogens with zero attached hydrogens (tertiary/aromatic N) is 1. The first kappa shape index (κ1) is 12.4. The zero-order chi connectivity index (χ0) is 10.5. The van der Waals surface area contributed by atoms with Crippen molar-refractivity contribution in [1.82, 2.24) is 0 Å². The Balaban J connectivity index is 4.14. The van der Waals surface area contributed by atoms with Gasteiger partial charge in [0.05, 0.1) is 17.6 Å². The molecule has 78 valence electrons. The fourth-order valence-corrected chi connectivity index (χ4v) is 2.03. The molecule has 2 N–H and O–H groups in total. The van der Waals surface area contributed by atoms with Crippen molar-refractivity contribution in [2.45, 2.75) is 32.7 Å². The predicted molar refractivity (Wildman–Crippen MR) is 55.7 cm³/mol. The van der Waals surface area contributed by atoms with Crippen LogP contribution < -0.4 is 5.73 Å². The Morgan fingerprint density at radius 2 is 2.08 bits per heavy atom. The molecule has 0 bridgehead atoms. The number of sulfone groups is 1. The van der Waals surface area contributed by atoms with Crippen LogP contribution in [0.5, 0.6) is 0 Å². The van der Waals surface area contributed by atoms with Gasteiger partial charge in [0.1, 0.15) is 9.84 Å². The van der Waals surface area contributed by atoms with Gasteiger partial charge in [0.2, 0.25) is 0 Å². The van der Waals surface area contributed by atoms with Gasteiger partial charge in [-0.05, 0) is 13.3 Å². The van der Waals surface area contributed by atoms with E-state index in [0.29, 0.717) is 5.84 Å². The second kappa shape index (κ2) is 5.21. The van der Waals surface area contributed by atoms with E-state index in [4.69, 9.17) is 5.73 Å². The molecule has 0 aromatic heterocycles. The molecule has 0 heterocycles. The average molecular weight is 206 g/mol. The van der Waals surface area contributed by atoms with Gasteiger partial charge in [-0.3, -0.25) is 4.99 Å². The first-order valence-corrected chi connectivity index (χ1v) is 6.41. The summed E-state index contributed by atoms with van der Waals surface area (Å²) in [5.74, 6) is 0.607. The van der Waals surface area contributed by atoms with Crippen LogP contribution in [-0.2, 0) is 9.84 Å². The van der Waals surface area contributed by atoms with Crippen LogP contribution in [0.1, 0.15) is 26.7 Å². The third-order valence-corrected chi connectivity index (χ3v) is 2.52. The molecule has 1 atom stereocenters. The lowest BCUT2D eigenvalue weighted by Gasteiger charge is -2.05. The van der Waals surface area contributed by atoms with E-state index in [1.54, 1.807) is 6.92 Å². The molecule has 13 heavy (non-hydrogen) atoms. The van der Waals surface area contributed by atoms with Crippen molar-refractivity contribution in [2.24, 2.45) is 10.7 Å². The first-order chi connectivity index (χ1) is 5.85. The number of aliphatic imine (C=N–C) groups is 1. The van der Waals surface area contributed by atoms with E-state index >= 15 is 0 Å². The number of rotatable bonds is 5. The molecule has 0 aliphatic heterocycles. The van der Waals surface area contributed by atoms with E-state index < -0.39 is 9.84 Å². The third-order valence-electron chi connectivity index (χ3n) is 1.44. The molecule has 0 aliphatic carbocycles. The molecule has 0 radical (unpaired) electrons. The minimum Gasteiger partial charge on any atom is -0.387 e. The fourth-order valence-electron chi connectivity index (χ4n) is 1.08. The van der Waals surface area contributed by atoms with Crippen molar-refractivity contribution in [1.29, 1.82) is 0 Å². The minimum absolute atomic E-state index is 0.0669. The summed E-state index contributed by atoms with van der Waals surface area (Å²) in [6.07, 6.45) is 2.87. The van der Waals surface area contributed by atoms with Crippen LogP contribution in [0.15, 0.2) is 4.99 Å². The van der Waals surface area contributed by atoms with Crippen molar-refractivity contribution < 1.29 is 8.42 Å². The monoisotopic (exact) mass is 206 g/mol. The molecule has 0 rings (SSSR count). The van der Waals surface area contributed by atoms with Gasteiger partial charge in [-0.2, -0.15) is 0 Å². The van der Waals surface area contributed by atoms with Crippen LogP contribution in [0.3, 0.4) is 0 Å². The zero-order valence-corrected chi connectivity index (χ0v) is 9.26. The van der Waals surface area contributed by atoms with Crippen LogP contribution in [-0.4, -0.2) is 32.3 Å². The molecule has 0 spiro atoms. The Morgan fingerprint density at radius 3 is 2.46 bits per heavy atom. The topological polar surface area (TPSA) is 72.5 Å². The normalized spacial score (nSPS) is 15.8. The van der Waals surface area contributed by atoms with Crippen molar-refractivity contribution in [2.75, 3.05) is 12.0 Å². The van der Waals surface area contributed by atoms with E-state index in [9.17, 15) is 8.42 Å². The van der Waals surface area contributed by atoms with Gasteiger partial charge in [0, 0.05) is 12.7 Å². The first-order valence-electron chi connectivity index (χ1n) is 4.35. The van der Waals surface area contributed by atoms with Gasteiger partial charge >= 0.3 is 0 Å². The van der Waals surface area contributed by atoms with Crippen molar-refractivity contribution >= 4 is 15.7 Å². The lowest BCUT2D eigenvalue weighted by atomic mass is 10.3. The summed E-state index contributed by atoms with van der Waals surface area (Å²) in [6.45, 7) is 3.76. The number of nitrogens with two attached hydrogens (primary N) is 1. The largest absolute Gasteiger partial charge is 0.387 e. The molecule has 0 amide bonds. The van der Waals surface area contributed by atoms with E-state index in [2.05, 4.69) is 4.99 Å². The molecular formula is C8H18N2O2S. The highest BCUT2D eigenvalue weighted by Crippen LogP contribution is 1.97. The van der Waals surface area contributed by atoms with Gasteiger partial charge in [-0.1, -0.05) is 6.92 Å². The predicted octanol–water partition coefficient (Wildman–Crippen LogP) is 0.577. The lowest BCUT2D eigenvalue weighted by Crippen LogP contribution is -2.20. The molecule has 0 fully saturated rings. The van der Waals surface area contributed by atoms with Crippen molar-refractivity contribution in [3.63, 3.8) is 0 Å². The quantitative estimate of drug-likeness (QED) is 0.528. The summed E-state index contributed by atoms with van der Waals surface area (Å²) in [5.41, 5.74) is 5.56. The summed E-state index contributed by atoms with van der Waals surface area (Å²) in [4.78, 5) is 4.07. The van der Waals surface area contributed by atoms with Crippen molar-refractivity contribution in [3.8, 4) is 0 Å². The smallest absolute Gasteiger partial charge is 0.149 e. The highest BCUT2D eigenvalue weighted by atomic mass is 32.2. The molecule has 0 aromatic carbocycles. The Morgan fingerprint density at radius 1 is 1.54 bits per heavy atom. The molecule has 0 aliphatic rings. The van der Waals surface area contributed by atoms with Gasteiger partial charge in [0.15, 0.2) is 0 Å². The summed E-state index contributed by atoms with van der Waals surface area (Å²) in [5, 5.41) is 0. The summed E-state index contributed by atoms with van der Waals surface area (Å²) in [7, 11) is -2.95. The maximum Gasteiger partial charge on any atom is 0.149 e. The highest BCUT2D eigenvalue weighted by Gasteiger charge is 2.09. The summed E-state index contributed by atoms with van der Waals surface area (Å²) < 4.78 is 21.7. The number of hydrogen-bond acceptors (Lipinski definition) is 3. The SMILES string of the molecule is CCCC(N)=NC(C)CS(C)(=O)=O. The summed E-state index contributed by atoms with van der Waals surface area (Å²) in [6, 6.07) is -0.235. The Labute approximate surface area is 80.2 Å². The summed E-state index contributed by atoms with van der Waals surface area (Å²) >= 11 is 0. The molecule has 4 nitrogen and oxygen atoms in total. The highest BCUT2D eigenvalue weighted by molar-refractivity contribution is 7.90. The second-order valence-corrected chi connectivity index (χ2v) is 5.50. The van der Waals surface area contributed by atoms with Gasteiger partial charge < -0.3 is 5.73 Å². The van der Waals surface area contributed by atoms with E-state index in [1.165, 1.54) is 6.26 Å². The number of amidine groups is 1. The maximum absolute atomic E-state index is 10.9. The molecule has 0 saturated heterocycles. The van der Waals surface area contributed by atoms with Gasteiger partial charge in [0.25, 0.3) is 0 Å². The average Bonchev–Trinajstić information content (AvgIpc) is 1.81. The molecule has 0 saturated carbocycles. The molecular weight excluding hydrogens is 188 g/mol. The van der Waals surface area contributed by atoms with Crippen LogP contribution in [0.25, 0.3) is 0 Å².